The fraction of sp³-hybridized carbons (Fsp3) is 0.217. The summed E-state index contributed by atoms with van der Waals surface area (Å²) in [5.74, 6) is 1.34. The van der Waals surface area contributed by atoms with E-state index in [0.717, 1.165) is 39.1 Å². The van der Waals surface area contributed by atoms with Crippen LogP contribution in [-0.4, -0.2) is 25.7 Å². The molecule has 164 valence electrons. The number of hydrogen-bond acceptors (Lipinski definition) is 6. The fourth-order valence-electron chi connectivity index (χ4n) is 3.36. The molecule has 9 heteroatoms. The van der Waals surface area contributed by atoms with Gasteiger partial charge in [0.15, 0.2) is 16.1 Å². The first kappa shape index (κ1) is 22.5. The quantitative estimate of drug-likeness (QED) is 0.306. The highest BCUT2D eigenvalue weighted by Crippen LogP contribution is 2.33. The molecule has 0 bridgehead atoms. The highest BCUT2D eigenvalue weighted by molar-refractivity contribution is 7.98. The van der Waals surface area contributed by atoms with Crippen LogP contribution in [0.5, 0.6) is 0 Å². The number of thioether (sulfide) groups is 1. The Bertz CT molecular complexity index is 1270. The molecule has 0 saturated heterocycles. The van der Waals surface area contributed by atoms with Crippen LogP contribution in [0.2, 0.25) is 5.02 Å². The summed E-state index contributed by atoms with van der Waals surface area (Å²) < 4.78 is 1.96. The lowest BCUT2D eigenvalue weighted by Gasteiger charge is -2.20. The molecule has 2 aromatic carbocycles. The maximum absolute atomic E-state index is 12.4. The molecule has 2 aromatic heterocycles. The van der Waals surface area contributed by atoms with Crippen molar-refractivity contribution in [1.29, 1.82) is 0 Å². The number of aryl methyl sites for hydroxylation is 2. The van der Waals surface area contributed by atoms with Crippen LogP contribution >= 0.6 is 34.7 Å². The average Bonchev–Trinajstić information content (AvgIpc) is 3.35. The number of benzene rings is 2. The molecule has 0 radical (unpaired) electrons. The van der Waals surface area contributed by atoms with Gasteiger partial charge in [0.2, 0.25) is 5.91 Å². The largest absolute Gasteiger partial charge is 0.305 e. The van der Waals surface area contributed by atoms with Crippen molar-refractivity contribution < 1.29 is 4.79 Å². The van der Waals surface area contributed by atoms with Crippen LogP contribution in [0, 0.1) is 13.8 Å². The molecule has 0 unspecified atom stereocenters. The highest BCUT2D eigenvalue weighted by Gasteiger charge is 2.20. The van der Waals surface area contributed by atoms with Crippen molar-refractivity contribution in [1.82, 2.24) is 19.7 Å². The standard InChI is InChI=1S/C23H22ClN5OS2/c1-14-5-10-20(15(2)11-14)29(16(3)30)22-25-19(12-31-22)13-32-23-27-26-21(28(23)4)17-6-8-18(24)9-7-17/h5-12H,13H2,1-4H3. The number of aromatic nitrogens is 4. The Kier molecular flexibility index (Phi) is 6.64. The first-order chi connectivity index (χ1) is 15.3. The lowest BCUT2D eigenvalue weighted by atomic mass is 10.1. The van der Waals surface area contributed by atoms with Gasteiger partial charge in [-0.25, -0.2) is 4.98 Å². The molecule has 4 aromatic rings. The van der Waals surface area contributed by atoms with Crippen molar-refractivity contribution in [3.63, 3.8) is 0 Å². The smallest absolute Gasteiger partial charge is 0.230 e. The van der Waals surface area contributed by atoms with E-state index in [1.54, 1.807) is 23.6 Å². The van der Waals surface area contributed by atoms with Gasteiger partial charge in [-0.3, -0.25) is 9.69 Å². The number of anilines is 2. The molecule has 0 spiro atoms. The minimum Gasteiger partial charge on any atom is -0.305 e. The van der Waals surface area contributed by atoms with Crippen molar-refractivity contribution in [3.05, 3.63) is 69.7 Å². The van der Waals surface area contributed by atoms with E-state index >= 15 is 0 Å². The Hall–Kier alpha value is -2.68. The molecule has 0 N–H and O–H groups in total. The Morgan fingerprint density at radius 1 is 1.16 bits per heavy atom. The van der Waals surface area contributed by atoms with E-state index in [1.165, 1.54) is 11.3 Å². The van der Waals surface area contributed by atoms with Crippen molar-refractivity contribution in [2.75, 3.05) is 4.90 Å². The highest BCUT2D eigenvalue weighted by atomic mass is 35.5. The molecule has 2 heterocycles. The number of carbonyl (C=O) groups is 1. The Balaban J connectivity index is 1.51. The van der Waals surface area contributed by atoms with E-state index < -0.39 is 0 Å². The molecule has 0 aliphatic rings. The lowest BCUT2D eigenvalue weighted by molar-refractivity contribution is -0.115. The number of carbonyl (C=O) groups excluding carboxylic acids is 1. The van der Waals surface area contributed by atoms with Crippen LogP contribution in [0.15, 0.2) is 53.0 Å². The number of amides is 1. The summed E-state index contributed by atoms with van der Waals surface area (Å²) in [6.45, 7) is 5.61. The van der Waals surface area contributed by atoms with Gasteiger partial charge in [0.05, 0.1) is 11.4 Å². The normalized spacial score (nSPS) is 11.0. The third-order valence-corrected chi connectivity index (χ3v) is 7.11. The van der Waals surface area contributed by atoms with E-state index in [-0.39, 0.29) is 5.91 Å². The van der Waals surface area contributed by atoms with E-state index in [9.17, 15) is 4.79 Å². The molecule has 0 saturated carbocycles. The molecule has 4 rings (SSSR count). The molecule has 32 heavy (non-hydrogen) atoms. The van der Waals surface area contributed by atoms with Gasteiger partial charge in [0.1, 0.15) is 0 Å². The topological polar surface area (TPSA) is 63.9 Å². The fourth-order valence-corrected chi connectivity index (χ4v) is 5.27. The van der Waals surface area contributed by atoms with Gasteiger partial charge in [-0.05, 0) is 49.7 Å². The molecule has 6 nitrogen and oxygen atoms in total. The van der Waals surface area contributed by atoms with E-state index in [2.05, 4.69) is 16.3 Å². The summed E-state index contributed by atoms with van der Waals surface area (Å²) in [7, 11) is 1.94. The zero-order valence-corrected chi connectivity index (χ0v) is 20.6. The first-order valence-corrected chi connectivity index (χ1v) is 12.2. The molecule has 0 atom stereocenters. The SMILES string of the molecule is CC(=O)N(c1nc(CSc2nnc(-c3ccc(Cl)cc3)n2C)cs1)c1ccc(C)cc1C. The number of rotatable bonds is 6. The zero-order valence-electron chi connectivity index (χ0n) is 18.2. The number of thiazole rings is 1. The van der Waals surface area contributed by atoms with Gasteiger partial charge in [-0.15, -0.1) is 21.5 Å². The minimum absolute atomic E-state index is 0.0635. The van der Waals surface area contributed by atoms with E-state index in [1.807, 2.05) is 67.2 Å². The zero-order chi connectivity index (χ0) is 22.8. The summed E-state index contributed by atoms with van der Waals surface area (Å²) >= 11 is 9.00. The second-order valence-corrected chi connectivity index (χ2v) is 9.64. The molecule has 0 aliphatic heterocycles. The van der Waals surface area contributed by atoms with Crippen molar-refractivity contribution in [2.24, 2.45) is 7.05 Å². The third kappa shape index (κ3) is 4.72. The number of nitrogens with zero attached hydrogens (tertiary/aromatic N) is 5. The van der Waals surface area contributed by atoms with Crippen molar-refractivity contribution in [2.45, 2.75) is 31.7 Å². The van der Waals surface area contributed by atoms with E-state index in [4.69, 9.17) is 16.6 Å². The van der Waals surface area contributed by atoms with Crippen LogP contribution in [0.4, 0.5) is 10.8 Å². The summed E-state index contributed by atoms with van der Waals surface area (Å²) in [6, 6.07) is 13.6. The molecule has 0 fully saturated rings. The van der Waals surface area contributed by atoms with Crippen molar-refractivity contribution >= 4 is 51.4 Å². The van der Waals surface area contributed by atoms with E-state index in [0.29, 0.717) is 15.9 Å². The van der Waals surface area contributed by atoms with Crippen LogP contribution < -0.4 is 4.90 Å². The van der Waals surface area contributed by atoms with Gasteiger partial charge < -0.3 is 4.57 Å². The van der Waals surface area contributed by atoms with Crippen LogP contribution in [-0.2, 0) is 17.6 Å². The predicted molar refractivity (Wildman–Crippen MR) is 132 cm³/mol. The predicted octanol–water partition coefficient (Wildman–Crippen LogP) is 6.19. The lowest BCUT2D eigenvalue weighted by Crippen LogP contribution is -2.23. The molecule has 0 aliphatic carbocycles. The summed E-state index contributed by atoms with van der Waals surface area (Å²) in [6.07, 6.45) is 0. The maximum atomic E-state index is 12.4. The monoisotopic (exact) mass is 483 g/mol. The van der Waals surface area contributed by atoms with Gasteiger partial charge >= 0.3 is 0 Å². The Labute approximate surface area is 200 Å². The molecular weight excluding hydrogens is 462 g/mol. The third-order valence-electron chi connectivity index (χ3n) is 4.93. The second-order valence-electron chi connectivity index (χ2n) is 7.43. The first-order valence-electron chi connectivity index (χ1n) is 9.94. The van der Waals surface area contributed by atoms with Gasteiger partial charge in [0, 0.05) is 35.7 Å². The number of hydrogen-bond donors (Lipinski definition) is 0. The Morgan fingerprint density at radius 3 is 2.59 bits per heavy atom. The van der Waals surface area contributed by atoms with Crippen LogP contribution in [0.1, 0.15) is 23.7 Å². The van der Waals surface area contributed by atoms with Crippen LogP contribution in [0.3, 0.4) is 0 Å². The van der Waals surface area contributed by atoms with Gasteiger partial charge in [-0.2, -0.15) is 0 Å². The minimum atomic E-state index is -0.0635. The molecular formula is C23H22ClN5OS2. The van der Waals surface area contributed by atoms with Crippen molar-refractivity contribution in [3.8, 4) is 11.4 Å². The average molecular weight is 484 g/mol. The van der Waals surface area contributed by atoms with Gasteiger partial charge in [0.25, 0.3) is 0 Å². The Morgan fingerprint density at radius 2 is 1.91 bits per heavy atom. The second kappa shape index (κ2) is 9.44. The summed E-state index contributed by atoms with van der Waals surface area (Å²) in [4.78, 5) is 18.8. The van der Waals surface area contributed by atoms with Gasteiger partial charge in [-0.1, -0.05) is 41.1 Å². The summed E-state index contributed by atoms with van der Waals surface area (Å²) in [5.41, 5.74) is 4.91. The molecule has 1 amide bonds. The summed E-state index contributed by atoms with van der Waals surface area (Å²) in [5, 5.41) is 12.8. The number of halogens is 1. The maximum Gasteiger partial charge on any atom is 0.230 e. The van der Waals surface area contributed by atoms with Crippen LogP contribution in [0.25, 0.3) is 11.4 Å².